The zero-order valence-corrected chi connectivity index (χ0v) is 13.1. The second-order valence-electron chi connectivity index (χ2n) is 6.34. The van der Waals surface area contributed by atoms with Gasteiger partial charge in [-0.3, -0.25) is 4.79 Å². The molecule has 0 aliphatic heterocycles. The number of hydrogen-bond acceptors (Lipinski definition) is 2. The Hall–Kier alpha value is -1.81. The number of amides is 1. The number of H-pyrrole nitrogens is 1. The van der Waals surface area contributed by atoms with Crippen LogP contribution >= 0.6 is 0 Å². The van der Waals surface area contributed by atoms with Crippen molar-refractivity contribution < 1.29 is 4.79 Å². The summed E-state index contributed by atoms with van der Waals surface area (Å²) in [5.74, 6) is 0.0754. The summed E-state index contributed by atoms with van der Waals surface area (Å²) < 4.78 is 0. The van der Waals surface area contributed by atoms with Crippen LogP contribution in [-0.4, -0.2) is 35.4 Å². The Bertz CT molecular complexity index is 615. The minimum absolute atomic E-state index is 0.0749. The van der Waals surface area contributed by atoms with Crippen molar-refractivity contribution in [1.29, 1.82) is 0 Å². The Balaban J connectivity index is 2.32. The molecule has 0 unspecified atom stereocenters. The molecule has 4 heteroatoms. The molecule has 0 radical (unpaired) electrons. The fourth-order valence-corrected chi connectivity index (χ4v) is 2.54. The van der Waals surface area contributed by atoms with Crippen molar-refractivity contribution in [3.63, 3.8) is 0 Å². The normalized spacial score (nSPS) is 11.8. The lowest BCUT2D eigenvalue weighted by atomic mass is 9.92. The average Bonchev–Trinajstić information content (AvgIpc) is 2.94. The molecule has 1 aromatic carbocycles. The van der Waals surface area contributed by atoms with Gasteiger partial charge < -0.3 is 15.6 Å². The smallest absolute Gasteiger partial charge is 0.256 e. The number of nitrogens with one attached hydrogen (secondary N) is 1. The zero-order valence-electron chi connectivity index (χ0n) is 13.1. The predicted molar refractivity (Wildman–Crippen MR) is 87.3 cm³/mol. The highest BCUT2D eigenvalue weighted by molar-refractivity contribution is 6.05. The van der Waals surface area contributed by atoms with Crippen molar-refractivity contribution in [2.45, 2.75) is 27.2 Å². The van der Waals surface area contributed by atoms with E-state index in [9.17, 15) is 4.79 Å². The zero-order chi connectivity index (χ0) is 15.5. The number of fused-ring (bicyclic) bond motifs is 1. The summed E-state index contributed by atoms with van der Waals surface area (Å²) in [7, 11) is 0. The lowest BCUT2D eigenvalue weighted by molar-refractivity contribution is 0.0691. The second-order valence-corrected chi connectivity index (χ2v) is 6.34. The molecule has 0 saturated heterocycles. The number of rotatable bonds is 6. The summed E-state index contributed by atoms with van der Waals surface area (Å²) in [4.78, 5) is 18.0. The van der Waals surface area contributed by atoms with Crippen LogP contribution in [0, 0.1) is 5.41 Å². The van der Waals surface area contributed by atoms with Crippen molar-refractivity contribution in [2.75, 3.05) is 19.6 Å². The molecule has 1 aromatic heterocycles. The first-order valence-electron chi connectivity index (χ1n) is 7.54. The molecule has 1 heterocycles. The Morgan fingerprint density at radius 1 is 1.33 bits per heavy atom. The molecule has 0 atom stereocenters. The monoisotopic (exact) mass is 287 g/mol. The van der Waals surface area contributed by atoms with Crippen LogP contribution in [0.4, 0.5) is 0 Å². The van der Waals surface area contributed by atoms with Crippen molar-refractivity contribution in [3.8, 4) is 0 Å². The molecule has 114 valence electrons. The van der Waals surface area contributed by atoms with Crippen LogP contribution in [0.1, 0.15) is 37.6 Å². The molecule has 0 saturated carbocycles. The SMILES string of the molecule is CCCN(CC(C)(C)CN)C(=O)c1cccc2cc[nH]c12. The largest absolute Gasteiger partial charge is 0.361 e. The van der Waals surface area contributed by atoms with Crippen molar-refractivity contribution in [2.24, 2.45) is 11.1 Å². The number of hydrogen-bond donors (Lipinski definition) is 2. The summed E-state index contributed by atoms with van der Waals surface area (Å²) >= 11 is 0. The molecule has 0 aliphatic carbocycles. The molecule has 0 fully saturated rings. The van der Waals surface area contributed by atoms with E-state index in [1.54, 1.807) is 0 Å². The molecule has 3 N–H and O–H groups in total. The highest BCUT2D eigenvalue weighted by atomic mass is 16.2. The molecule has 0 spiro atoms. The van der Waals surface area contributed by atoms with Gasteiger partial charge in [-0.25, -0.2) is 0 Å². The molecule has 0 aliphatic rings. The number of para-hydroxylation sites is 1. The fourth-order valence-electron chi connectivity index (χ4n) is 2.54. The van der Waals surface area contributed by atoms with Gasteiger partial charge in [-0.2, -0.15) is 0 Å². The van der Waals surface area contributed by atoms with Gasteiger partial charge in [-0.05, 0) is 30.5 Å². The summed E-state index contributed by atoms with van der Waals surface area (Å²) in [6.45, 7) is 8.26. The Morgan fingerprint density at radius 3 is 2.76 bits per heavy atom. The van der Waals surface area contributed by atoms with E-state index in [0.29, 0.717) is 13.1 Å². The van der Waals surface area contributed by atoms with Crippen LogP contribution in [0.15, 0.2) is 30.5 Å². The Labute approximate surface area is 126 Å². The molecule has 0 bridgehead atoms. The molecule has 2 rings (SSSR count). The predicted octanol–water partition coefficient (Wildman–Crippen LogP) is 3.01. The maximum atomic E-state index is 12.9. The van der Waals surface area contributed by atoms with Crippen LogP contribution in [-0.2, 0) is 0 Å². The van der Waals surface area contributed by atoms with E-state index in [1.165, 1.54) is 0 Å². The van der Waals surface area contributed by atoms with Gasteiger partial charge in [0.2, 0.25) is 0 Å². The minimum atomic E-state index is -0.0749. The number of carbonyl (C=O) groups is 1. The van der Waals surface area contributed by atoms with E-state index in [4.69, 9.17) is 5.73 Å². The average molecular weight is 287 g/mol. The number of carbonyl (C=O) groups excluding carboxylic acids is 1. The van der Waals surface area contributed by atoms with Gasteiger partial charge in [0.05, 0.1) is 11.1 Å². The van der Waals surface area contributed by atoms with E-state index in [2.05, 4.69) is 25.8 Å². The number of aromatic amines is 1. The van der Waals surface area contributed by atoms with Crippen molar-refractivity contribution >= 4 is 16.8 Å². The van der Waals surface area contributed by atoms with E-state index >= 15 is 0 Å². The first kappa shape index (κ1) is 15.6. The molecule has 1 amide bonds. The third kappa shape index (κ3) is 3.45. The Morgan fingerprint density at radius 2 is 2.10 bits per heavy atom. The first-order chi connectivity index (χ1) is 9.98. The number of nitrogens with zero attached hydrogens (tertiary/aromatic N) is 1. The summed E-state index contributed by atoms with van der Waals surface area (Å²) in [5, 5.41) is 1.07. The van der Waals surface area contributed by atoms with E-state index in [1.807, 2.05) is 35.4 Å². The second kappa shape index (κ2) is 6.31. The number of aromatic nitrogens is 1. The Kier molecular flexibility index (Phi) is 4.68. The van der Waals surface area contributed by atoms with Gasteiger partial charge in [0.1, 0.15) is 0 Å². The van der Waals surface area contributed by atoms with E-state index < -0.39 is 0 Å². The van der Waals surface area contributed by atoms with Crippen LogP contribution in [0.5, 0.6) is 0 Å². The maximum absolute atomic E-state index is 12.9. The summed E-state index contributed by atoms with van der Waals surface area (Å²) in [6, 6.07) is 7.82. The van der Waals surface area contributed by atoms with E-state index in [-0.39, 0.29) is 11.3 Å². The molecule has 21 heavy (non-hydrogen) atoms. The minimum Gasteiger partial charge on any atom is -0.361 e. The summed E-state index contributed by atoms with van der Waals surface area (Å²) in [5.41, 5.74) is 7.39. The van der Waals surface area contributed by atoms with Gasteiger partial charge in [0.25, 0.3) is 5.91 Å². The molecule has 2 aromatic rings. The lowest BCUT2D eigenvalue weighted by Gasteiger charge is -2.32. The van der Waals surface area contributed by atoms with Gasteiger partial charge in [0.15, 0.2) is 0 Å². The van der Waals surface area contributed by atoms with Gasteiger partial charge in [-0.1, -0.05) is 32.9 Å². The van der Waals surface area contributed by atoms with Crippen molar-refractivity contribution in [1.82, 2.24) is 9.88 Å². The standard InChI is InChI=1S/C17H25N3O/c1-4-10-20(12-17(2,3)11-18)16(21)14-7-5-6-13-8-9-19-15(13)14/h5-9,19H,4,10-12,18H2,1-3H3. The highest BCUT2D eigenvalue weighted by Gasteiger charge is 2.25. The van der Waals surface area contributed by atoms with Crippen LogP contribution in [0.3, 0.4) is 0 Å². The number of nitrogens with two attached hydrogens (primary N) is 1. The van der Waals surface area contributed by atoms with Gasteiger partial charge in [-0.15, -0.1) is 0 Å². The van der Waals surface area contributed by atoms with Crippen LogP contribution < -0.4 is 5.73 Å². The third-order valence-electron chi connectivity index (χ3n) is 3.77. The van der Waals surface area contributed by atoms with Gasteiger partial charge in [0, 0.05) is 24.7 Å². The van der Waals surface area contributed by atoms with E-state index in [0.717, 1.165) is 29.4 Å². The molecular formula is C17H25N3O. The van der Waals surface area contributed by atoms with Crippen LogP contribution in [0.2, 0.25) is 0 Å². The first-order valence-corrected chi connectivity index (χ1v) is 7.54. The third-order valence-corrected chi connectivity index (χ3v) is 3.77. The highest BCUT2D eigenvalue weighted by Crippen LogP contribution is 2.21. The topological polar surface area (TPSA) is 62.1 Å². The number of benzene rings is 1. The molecule has 4 nitrogen and oxygen atoms in total. The maximum Gasteiger partial charge on any atom is 0.256 e. The van der Waals surface area contributed by atoms with Crippen LogP contribution in [0.25, 0.3) is 10.9 Å². The van der Waals surface area contributed by atoms with Gasteiger partial charge >= 0.3 is 0 Å². The molecular weight excluding hydrogens is 262 g/mol. The quantitative estimate of drug-likeness (QED) is 0.858. The fraction of sp³-hybridized carbons (Fsp3) is 0.471. The van der Waals surface area contributed by atoms with Crippen molar-refractivity contribution in [3.05, 3.63) is 36.0 Å². The lowest BCUT2D eigenvalue weighted by Crippen LogP contribution is -2.42. The summed E-state index contributed by atoms with van der Waals surface area (Å²) in [6.07, 6.45) is 2.81.